The SMILES string of the molecule is Cc1ccc(C)c(-c2nc(C3(N)CCC(C)CC3)no2)c1. The van der Waals surface area contributed by atoms with Crippen molar-refractivity contribution in [3.05, 3.63) is 35.2 Å². The average molecular weight is 285 g/mol. The second-order valence-electron chi connectivity index (χ2n) is 6.58. The van der Waals surface area contributed by atoms with Crippen molar-refractivity contribution in [1.29, 1.82) is 0 Å². The van der Waals surface area contributed by atoms with Crippen LogP contribution in [0.3, 0.4) is 0 Å². The molecule has 4 heteroatoms. The van der Waals surface area contributed by atoms with E-state index in [0.29, 0.717) is 11.7 Å². The zero-order valence-corrected chi connectivity index (χ0v) is 13.0. The first-order valence-electron chi connectivity index (χ1n) is 7.69. The van der Waals surface area contributed by atoms with Gasteiger partial charge in [0.05, 0.1) is 5.54 Å². The molecule has 21 heavy (non-hydrogen) atoms. The van der Waals surface area contributed by atoms with Crippen LogP contribution in [-0.4, -0.2) is 10.1 Å². The molecule has 0 amide bonds. The van der Waals surface area contributed by atoms with Crippen LogP contribution in [0.4, 0.5) is 0 Å². The monoisotopic (exact) mass is 285 g/mol. The van der Waals surface area contributed by atoms with Crippen LogP contribution in [-0.2, 0) is 5.54 Å². The standard InChI is InChI=1S/C17H23N3O/c1-11-6-8-17(18,9-7-11)16-19-15(21-20-16)14-10-12(2)4-5-13(14)3/h4-5,10-11H,6-9,18H2,1-3H3. The summed E-state index contributed by atoms with van der Waals surface area (Å²) in [5, 5.41) is 4.17. The fourth-order valence-electron chi connectivity index (χ4n) is 3.00. The van der Waals surface area contributed by atoms with Crippen LogP contribution in [0.2, 0.25) is 0 Å². The molecule has 0 atom stereocenters. The maximum absolute atomic E-state index is 6.52. The van der Waals surface area contributed by atoms with Crippen molar-refractivity contribution in [2.45, 2.75) is 52.0 Å². The van der Waals surface area contributed by atoms with Crippen LogP contribution < -0.4 is 5.73 Å². The first-order chi connectivity index (χ1) is 9.98. The summed E-state index contributed by atoms with van der Waals surface area (Å²) in [5.41, 5.74) is 9.42. The van der Waals surface area contributed by atoms with E-state index in [-0.39, 0.29) is 0 Å². The summed E-state index contributed by atoms with van der Waals surface area (Å²) >= 11 is 0. The van der Waals surface area contributed by atoms with E-state index in [4.69, 9.17) is 10.3 Å². The van der Waals surface area contributed by atoms with Gasteiger partial charge in [0.15, 0.2) is 5.82 Å². The minimum Gasteiger partial charge on any atom is -0.334 e. The van der Waals surface area contributed by atoms with Gasteiger partial charge in [0, 0.05) is 5.56 Å². The molecule has 4 nitrogen and oxygen atoms in total. The summed E-state index contributed by atoms with van der Waals surface area (Å²) in [4.78, 5) is 4.60. The summed E-state index contributed by atoms with van der Waals surface area (Å²) in [6.45, 7) is 6.39. The fourth-order valence-corrected chi connectivity index (χ4v) is 3.00. The van der Waals surface area contributed by atoms with Gasteiger partial charge in [-0.15, -0.1) is 0 Å². The third kappa shape index (κ3) is 2.72. The number of rotatable bonds is 2. The molecule has 0 bridgehead atoms. The quantitative estimate of drug-likeness (QED) is 0.913. The molecule has 2 N–H and O–H groups in total. The van der Waals surface area contributed by atoms with Gasteiger partial charge in [-0.2, -0.15) is 4.98 Å². The Bertz CT molecular complexity index is 639. The molecule has 0 saturated heterocycles. The van der Waals surface area contributed by atoms with Gasteiger partial charge in [-0.05, 0) is 57.1 Å². The van der Waals surface area contributed by atoms with Gasteiger partial charge in [-0.1, -0.05) is 29.8 Å². The van der Waals surface area contributed by atoms with Crippen molar-refractivity contribution in [3.8, 4) is 11.5 Å². The highest BCUT2D eigenvalue weighted by Gasteiger charge is 2.36. The van der Waals surface area contributed by atoms with Crippen molar-refractivity contribution >= 4 is 0 Å². The highest BCUT2D eigenvalue weighted by Crippen LogP contribution is 2.36. The summed E-state index contributed by atoms with van der Waals surface area (Å²) in [7, 11) is 0. The van der Waals surface area contributed by atoms with E-state index in [1.54, 1.807) is 0 Å². The Hall–Kier alpha value is -1.68. The van der Waals surface area contributed by atoms with Crippen LogP contribution >= 0.6 is 0 Å². The Morgan fingerprint density at radius 1 is 1.24 bits per heavy atom. The Morgan fingerprint density at radius 3 is 2.67 bits per heavy atom. The molecular weight excluding hydrogens is 262 g/mol. The summed E-state index contributed by atoms with van der Waals surface area (Å²) in [6, 6.07) is 6.25. The Morgan fingerprint density at radius 2 is 1.95 bits per heavy atom. The first-order valence-corrected chi connectivity index (χ1v) is 7.69. The lowest BCUT2D eigenvalue weighted by Crippen LogP contribution is -2.41. The van der Waals surface area contributed by atoms with Crippen molar-refractivity contribution in [2.75, 3.05) is 0 Å². The minimum atomic E-state index is -0.425. The van der Waals surface area contributed by atoms with E-state index in [0.717, 1.165) is 42.7 Å². The van der Waals surface area contributed by atoms with Gasteiger partial charge < -0.3 is 10.3 Å². The number of aromatic nitrogens is 2. The molecule has 1 heterocycles. The predicted molar refractivity (Wildman–Crippen MR) is 82.7 cm³/mol. The van der Waals surface area contributed by atoms with E-state index in [1.165, 1.54) is 5.56 Å². The van der Waals surface area contributed by atoms with E-state index < -0.39 is 5.54 Å². The molecule has 1 saturated carbocycles. The van der Waals surface area contributed by atoms with Crippen molar-refractivity contribution < 1.29 is 4.52 Å². The Labute approximate surface area is 125 Å². The second-order valence-corrected chi connectivity index (χ2v) is 6.58. The second kappa shape index (κ2) is 5.26. The number of hydrogen-bond acceptors (Lipinski definition) is 4. The summed E-state index contributed by atoms with van der Waals surface area (Å²) < 4.78 is 5.49. The lowest BCUT2D eigenvalue weighted by atomic mass is 9.77. The largest absolute Gasteiger partial charge is 0.334 e. The normalized spacial score (nSPS) is 26.0. The number of benzene rings is 1. The van der Waals surface area contributed by atoms with Crippen LogP contribution in [0.15, 0.2) is 22.7 Å². The van der Waals surface area contributed by atoms with Crippen molar-refractivity contribution in [3.63, 3.8) is 0 Å². The number of aryl methyl sites for hydroxylation is 2. The molecule has 0 aliphatic heterocycles. The molecule has 3 rings (SSSR count). The maximum atomic E-state index is 6.52. The Kier molecular flexibility index (Phi) is 3.57. The van der Waals surface area contributed by atoms with Gasteiger partial charge in [0.25, 0.3) is 5.89 Å². The van der Waals surface area contributed by atoms with Gasteiger partial charge in [-0.25, -0.2) is 0 Å². The van der Waals surface area contributed by atoms with Crippen LogP contribution in [0.1, 0.15) is 49.6 Å². The Balaban J connectivity index is 1.91. The molecule has 1 aliphatic carbocycles. The van der Waals surface area contributed by atoms with Crippen LogP contribution in [0.5, 0.6) is 0 Å². The zero-order valence-electron chi connectivity index (χ0n) is 13.0. The molecular formula is C17H23N3O. The van der Waals surface area contributed by atoms with E-state index in [1.807, 2.05) is 0 Å². The van der Waals surface area contributed by atoms with E-state index >= 15 is 0 Å². The van der Waals surface area contributed by atoms with E-state index in [9.17, 15) is 0 Å². The molecule has 1 aromatic carbocycles. The van der Waals surface area contributed by atoms with Gasteiger partial charge >= 0.3 is 0 Å². The lowest BCUT2D eigenvalue weighted by molar-refractivity contribution is 0.230. The topological polar surface area (TPSA) is 64.9 Å². The third-order valence-electron chi connectivity index (χ3n) is 4.66. The van der Waals surface area contributed by atoms with Gasteiger partial charge in [0.2, 0.25) is 0 Å². The van der Waals surface area contributed by atoms with Crippen LogP contribution in [0, 0.1) is 19.8 Å². The highest BCUT2D eigenvalue weighted by molar-refractivity contribution is 5.59. The molecule has 1 fully saturated rings. The summed E-state index contributed by atoms with van der Waals surface area (Å²) in [6.07, 6.45) is 4.12. The lowest BCUT2D eigenvalue weighted by Gasteiger charge is -2.33. The smallest absolute Gasteiger partial charge is 0.258 e. The fraction of sp³-hybridized carbons (Fsp3) is 0.529. The highest BCUT2D eigenvalue weighted by atomic mass is 16.5. The molecule has 0 radical (unpaired) electrons. The molecule has 112 valence electrons. The van der Waals surface area contributed by atoms with Gasteiger partial charge in [-0.3, -0.25) is 0 Å². The molecule has 1 aliphatic rings. The van der Waals surface area contributed by atoms with Crippen molar-refractivity contribution in [2.24, 2.45) is 11.7 Å². The minimum absolute atomic E-state index is 0.425. The predicted octanol–water partition coefficient (Wildman–Crippen LogP) is 3.72. The number of hydrogen-bond donors (Lipinski definition) is 1. The van der Waals surface area contributed by atoms with Crippen molar-refractivity contribution in [1.82, 2.24) is 10.1 Å². The number of nitrogens with zero attached hydrogens (tertiary/aromatic N) is 2. The average Bonchev–Trinajstić information content (AvgIpc) is 2.95. The molecule has 1 aromatic heterocycles. The maximum Gasteiger partial charge on any atom is 0.258 e. The third-order valence-corrected chi connectivity index (χ3v) is 4.66. The first kappa shape index (κ1) is 14.3. The van der Waals surface area contributed by atoms with E-state index in [2.05, 4.69) is 49.1 Å². The molecule has 0 spiro atoms. The summed E-state index contributed by atoms with van der Waals surface area (Å²) in [5.74, 6) is 1.98. The van der Waals surface area contributed by atoms with Crippen LogP contribution in [0.25, 0.3) is 11.5 Å². The molecule has 0 unspecified atom stereocenters. The number of nitrogens with two attached hydrogens (primary N) is 1. The van der Waals surface area contributed by atoms with Gasteiger partial charge in [0.1, 0.15) is 0 Å². The zero-order chi connectivity index (χ0) is 15.0. The molecule has 2 aromatic rings.